The minimum Gasteiger partial charge on any atom is -0.435 e. The fourth-order valence-corrected chi connectivity index (χ4v) is 3.56. The van der Waals surface area contributed by atoms with Crippen LogP contribution >= 0.6 is 0 Å². The number of anilines is 2. The Kier molecular flexibility index (Phi) is 4.77. The number of nitrogen functional groups attached to an aromatic ring is 1. The first-order valence-electron chi connectivity index (χ1n) is 9.17. The Balaban J connectivity index is 1.59. The number of hydrogen-bond donors (Lipinski definition) is 1. The van der Waals surface area contributed by atoms with Crippen molar-refractivity contribution in [1.29, 1.82) is 0 Å². The third kappa shape index (κ3) is 3.50. The number of benzene rings is 1. The number of aromatic nitrogens is 3. The molecule has 3 aromatic rings. The van der Waals surface area contributed by atoms with E-state index in [0.29, 0.717) is 23.4 Å². The fourth-order valence-electron chi connectivity index (χ4n) is 3.56. The second-order valence-corrected chi connectivity index (χ2v) is 7.03. The van der Waals surface area contributed by atoms with Crippen molar-refractivity contribution in [3.63, 3.8) is 0 Å². The van der Waals surface area contributed by atoms with Crippen LogP contribution in [0.1, 0.15) is 12.8 Å². The highest BCUT2D eigenvalue weighted by molar-refractivity contribution is 5.84. The van der Waals surface area contributed by atoms with Crippen LogP contribution in [0, 0.1) is 0 Å². The lowest BCUT2D eigenvalue weighted by atomic mass is 10.0. The molecule has 7 heteroatoms. The zero-order valence-corrected chi connectivity index (χ0v) is 15.7. The molecule has 3 heterocycles. The molecule has 2 aromatic heterocycles. The van der Waals surface area contributed by atoms with Gasteiger partial charge in [-0.25, -0.2) is 4.98 Å². The fraction of sp³-hybridized carbons (Fsp3) is 0.350. The molecule has 7 nitrogen and oxygen atoms in total. The van der Waals surface area contributed by atoms with Gasteiger partial charge in [-0.3, -0.25) is 4.98 Å². The van der Waals surface area contributed by atoms with Gasteiger partial charge in [0.1, 0.15) is 17.5 Å². The third-order valence-electron chi connectivity index (χ3n) is 5.12. The number of piperidine rings is 1. The van der Waals surface area contributed by atoms with Crippen LogP contribution in [0.25, 0.3) is 10.9 Å². The molecule has 0 spiro atoms. The van der Waals surface area contributed by atoms with Crippen LogP contribution in [-0.4, -0.2) is 53.1 Å². The van der Waals surface area contributed by atoms with Crippen molar-refractivity contribution in [2.24, 2.45) is 0 Å². The topological polar surface area (TPSA) is 80.4 Å². The predicted octanol–water partition coefficient (Wildman–Crippen LogP) is 2.93. The molecule has 0 aliphatic carbocycles. The standard InChI is InChI=1S/C20H24N6O/c1-25(2)15-8-11-26(12-9-15)19-17(21)20(24-13-23-19)27-16-7-3-5-14-6-4-10-22-18(14)16/h3-7,10,13,15H,8-9,11-12,21H2,1-2H3. The number of hydrogen-bond acceptors (Lipinski definition) is 7. The Bertz CT molecular complexity index is 931. The molecule has 0 unspecified atom stereocenters. The summed E-state index contributed by atoms with van der Waals surface area (Å²) >= 11 is 0. The van der Waals surface area contributed by atoms with Crippen LogP contribution in [0.3, 0.4) is 0 Å². The van der Waals surface area contributed by atoms with Gasteiger partial charge in [-0.1, -0.05) is 18.2 Å². The summed E-state index contributed by atoms with van der Waals surface area (Å²) in [5.41, 5.74) is 7.63. The molecular formula is C20H24N6O. The molecule has 1 saturated heterocycles. The van der Waals surface area contributed by atoms with E-state index in [2.05, 4.69) is 38.8 Å². The molecule has 0 bridgehead atoms. The number of nitrogens with zero attached hydrogens (tertiary/aromatic N) is 5. The summed E-state index contributed by atoms with van der Waals surface area (Å²) in [5.74, 6) is 1.74. The molecule has 0 saturated carbocycles. The van der Waals surface area contributed by atoms with Crippen LogP contribution < -0.4 is 15.4 Å². The summed E-state index contributed by atoms with van der Waals surface area (Å²) in [4.78, 5) is 17.6. The average Bonchev–Trinajstić information content (AvgIpc) is 2.70. The van der Waals surface area contributed by atoms with Gasteiger partial charge in [0.05, 0.1) is 0 Å². The summed E-state index contributed by atoms with van der Waals surface area (Å²) in [6, 6.07) is 10.3. The van der Waals surface area contributed by atoms with Crippen molar-refractivity contribution in [2.45, 2.75) is 18.9 Å². The smallest absolute Gasteiger partial charge is 0.248 e. The highest BCUT2D eigenvalue weighted by Crippen LogP contribution is 2.34. The van der Waals surface area contributed by atoms with Gasteiger partial charge in [-0.05, 0) is 39.1 Å². The second-order valence-electron chi connectivity index (χ2n) is 7.03. The molecule has 2 N–H and O–H groups in total. The average molecular weight is 364 g/mol. The number of pyridine rings is 1. The van der Waals surface area contributed by atoms with E-state index in [1.54, 1.807) is 6.20 Å². The lowest BCUT2D eigenvalue weighted by Crippen LogP contribution is -2.42. The van der Waals surface area contributed by atoms with Gasteiger partial charge >= 0.3 is 0 Å². The first-order valence-corrected chi connectivity index (χ1v) is 9.17. The molecular weight excluding hydrogens is 340 g/mol. The van der Waals surface area contributed by atoms with E-state index >= 15 is 0 Å². The van der Waals surface area contributed by atoms with Gasteiger partial charge in [0.25, 0.3) is 0 Å². The summed E-state index contributed by atoms with van der Waals surface area (Å²) in [6.45, 7) is 1.83. The number of para-hydroxylation sites is 1. The summed E-state index contributed by atoms with van der Waals surface area (Å²) in [7, 11) is 4.26. The van der Waals surface area contributed by atoms with E-state index in [1.165, 1.54) is 6.33 Å². The van der Waals surface area contributed by atoms with Crippen molar-refractivity contribution in [1.82, 2.24) is 19.9 Å². The Morgan fingerprint density at radius 3 is 2.63 bits per heavy atom. The highest BCUT2D eigenvalue weighted by atomic mass is 16.5. The maximum absolute atomic E-state index is 6.38. The van der Waals surface area contributed by atoms with E-state index in [0.717, 1.165) is 42.7 Å². The van der Waals surface area contributed by atoms with Crippen molar-refractivity contribution >= 4 is 22.4 Å². The maximum atomic E-state index is 6.38. The van der Waals surface area contributed by atoms with Gasteiger partial charge in [-0.15, -0.1) is 0 Å². The molecule has 140 valence electrons. The molecule has 1 aliphatic rings. The summed E-state index contributed by atoms with van der Waals surface area (Å²) < 4.78 is 6.04. The van der Waals surface area contributed by atoms with Gasteiger partial charge in [0, 0.05) is 30.7 Å². The maximum Gasteiger partial charge on any atom is 0.248 e. The highest BCUT2D eigenvalue weighted by Gasteiger charge is 2.24. The summed E-state index contributed by atoms with van der Waals surface area (Å²) in [5, 5.41) is 1.01. The van der Waals surface area contributed by atoms with E-state index in [9.17, 15) is 0 Å². The Morgan fingerprint density at radius 2 is 1.85 bits per heavy atom. The number of ether oxygens (including phenoxy) is 1. The third-order valence-corrected chi connectivity index (χ3v) is 5.12. The SMILES string of the molecule is CN(C)C1CCN(c2ncnc(Oc3cccc4cccnc34)c2N)CC1. The van der Waals surface area contributed by atoms with E-state index in [-0.39, 0.29) is 0 Å². The molecule has 0 radical (unpaired) electrons. The van der Waals surface area contributed by atoms with E-state index in [4.69, 9.17) is 10.5 Å². The first kappa shape index (κ1) is 17.5. The van der Waals surface area contributed by atoms with Gasteiger partial charge in [-0.2, -0.15) is 4.98 Å². The molecule has 27 heavy (non-hydrogen) atoms. The number of rotatable bonds is 4. The Hall–Kier alpha value is -2.93. The molecule has 0 amide bonds. The van der Waals surface area contributed by atoms with Gasteiger partial charge in [0.2, 0.25) is 5.88 Å². The molecule has 4 rings (SSSR count). The molecule has 0 atom stereocenters. The second kappa shape index (κ2) is 7.36. The van der Waals surface area contributed by atoms with Crippen LogP contribution in [0.4, 0.5) is 11.5 Å². The van der Waals surface area contributed by atoms with Crippen LogP contribution in [0.2, 0.25) is 0 Å². The first-order chi connectivity index (χ1) is 13.1. The largest absolute Gasteiger partial charge is 0.435 e. The summed E-state index contributed by atoms with van der Waals surface area (Å²) in [6.07, 6.45) is 5.43. The predicted molar refractivity (Wildman–Crippen MR) is 107 cm³/mol. The Labute approximate surface area is 158 Å². The quantitative estimate of drug-likeness (QED) is 0.762. The number of nitrogens with two attached hydrogens (primary N) is 1. The van der Waals surface area contributed by atoms with Crippen LogP contribution in [-0.2, 0) is 0 Å². The molecule has 1 aliphatic heterocycles. The van der Waals surface area contributed by atoms with Crippen molar-refractivity contribution in [3.8, 4) is 11.6 Å². The molecule has 1 fully saturated rings. The van der Waals surface area contributed by atoms with Crippen LogP contribution in [0.15, 0.2) is 42.9 Å². The minimum atomic E-state index is 0.368. The lowest BCUT2D eigenvalue weighted by molar-refractivity contribution is 0.249. The zero-order valence-electron chi connectivity index (χ0n) is 15.7. The van der Waals surface area contributed by atoms with E-state index < -0.39 is 0 Å². The van der Waals surface area contributed by atoms with Gasteiger partial charge < -0.3 is 20.3 Å². The van der Waals surface area contributed by atoms with Crippen LogP contribution in [0.5, 0.6) is 11.6 Å². The monoisotopic (exact) mass is 364 g/mol. The lowest BCUT2D eigenvalue weighted by Gasteiger charge is -2.36. The minimum absolute atomic E-state index is 0.368. The van der Waals surface area contributed by atoms with Crippen molar-refractivity contribution in [3.05, 3.63) is 42.9 Å². The van der Waals surface area contributed by atoms with Gasteiger partial charge in [0.15, 0.2) is 11.6 Å². The molecule has 1 aromatic carbocycles. The van der Waals surface area contributed by atoms with Crippen molar-refractivity contribution in [2.75, 3.05) is 37.8 Å². The Morgan fingerprint density at radius 1 is 1.07 bits per heavy atom. The van der Waals surface area contributed by atoms with E-state index in [1.807, 2.05) is 30.3 Å². The normalized spacial score (nSPS) is 15.4. The number of fused-ring (bicyclic) bond motifs is 1. The van der Waals surface area contributed by atoms with Crippen molar-refractivity contribution < 1.29 is 4.74 Å². The zero-order chi connectivity index (χ0) is 18.8.